The third-order valence-corrected chi connectivity index (χ3v) is 4.18. The standard InChI is InChI=1S/C17H23NO2S/c1-2-14-6-3-4-7-15(14)10-18-11-16(19)12-20-13-17-8-5-9-21-17/h3-9,16,18-19H,2,10-13H2,1H3. The van der Waals surface area contributed by atoms with Crippen molar-refractivity contribution in [3.05, 3.63) is 57.8 Å². The zero-order chi connectivity index (χ0) is 14.9. The van der Waals surface area contributed by atoms with Gasteiger partial charge in [0, 0.05) is 18.0 Å². The van der Waals surface area contributed by atoms with Gasteiger partial charge in [0.05, 0.1) is 19.3 Å². The minimum atomic E-state index is -0.473. The lowest BCUT2D eigenvalue weighted by atomic mass is 10.1. The predicted octanol–water partition coefficient (Wildman–Crippen LogP) is 2.98. The van der Waals surface area contributed by atoms with Crippen molar-refractivity contribution >= 4 is 11.3 Å². The summed E-state index contributed by atoms with van der Waals surface area (Å²) in [7, 11) is 0. The van der Waals surface area contributed by atoms with Crippen molar-refractivity contribution in [2.45, 2.75) is 32.6 Å². The van der Waals surface area contributed by atoms with Crippen LogP contribution in [-0.4, -0.2) is 24.4 Å². The Balaban J connectivity index is 1.63. The van der Waals surface area contributed by atoms with E-state index in [0.717, 1.165) is 13.0 Å². The predicted molar refractivity (Wildman–Crippen MR) is 87.5 cm³/mol. The van der Waals surface area contributed by atoms with E-state index < -0.39 is 6.10 Å². The molecule has 2 N–H and O–H groups in total. The number of nitrogens with one attached hydrogen (secondary N) is 1. The number of thiophene rings is 1. The second-order valence-electron chi connectivity index (χ2n) is 5.00. The first-order chi connectivity index (χ1) is 10.3. The maximum absolute atomic E-state index is 9.90. The van der Waals surface area contributed by atoms with Crippen molar-refractivity contribution in [2.24, 2.45) is 0 Å². The van der Waals surface area contributed by atoms with Gasteiger partial charge in [0.25, 0.3) is 0 Å². The smallest absolute Gasteiger partial charge is 0.0897 e. The molecule has 3 nitrogen and oxygen atoms in total. The molecule has 0 bridgehead atoms. The van der Waals surface area contributed by atoms with Gasteiger partial charge >= 0.3 is 0 Å². The van der Waals surface area contributed by atoms with Gasteiger partial charge in [0.2, 0.25) is 0 Å². The molecule has 0 amide bonds. The molecule has 2 rings (SSSR count). The van der Waals surface area contributed by atoms with Crippen LogP contribution in [0.5, 0.6) is 0 Å². The molecule has 4 heteroatoms. The van der Waals surface area contributed by atoms with Gasteiger partial charge in [0.1, 0.15) is 0 Å². The van der Waals surface area contributed by atoms with E-state index in [1.165, 1.54) is 16.0 Å². The zero-order valence-corrected chi connectivity index (χ0v) is 13.2. The Morgan fingerprint density at radius 2 is 2.00 bits per heavy atom. The molecule has 0 fully saturated rings. The molecule has 0 aliphatic heterocycles. The Morgan fingerprint density at radius 3 is 2.71 bits per heavy atom. The van der Waals surface area contributed by atoms with Gasteiger partial charge in [0.15, 0.2) is 0 Å². The van der Waals surface area contributed by atoms with Crippen LogP contribution in [0.15, 0.2) is 41.8 Å². The molecule has 0 saturated heterocycles. The van der Waals surface area contributed by atoms with Gasteiger partial charge < -0.3 is 15.2 Å². The van der Waals surface area contributed by atoms with Crippen LogP contribution in [0.1, 0.15) is 22.9 Å². The number of benzene rings is 1. The molecule has 2 aromatic rings. The number of aryl methyl sites for hydroxylation is 1. The normalized spacial score (nSPS) is 12.5. The molecule has 0 radical (unpaired) electrons. The molecule has 1 aromatic heterocycles. The molecule has 1 aromatic carbocycles. The fourth-order valence-electron chi connectivity index (χ4n) is 2.20. The monoisotopic (exact) mass is 305 g/mol. The topological polar surface area (TPSA) is 41.5 Å². The Kier molecular flexibility index (Phi) is 6.89. The Bertz CT molecular complexity index is 513. The average Bonchev–Trinajstić information content (AvgIpc) is 3.01. The summed E-state index contributed by atoms with van der Waals surface area (Å²) in [6.45, 7) is 4.42. The highest BCUT2D eigenvalue weighted by Gasteiger charge is 2.05. The molecule has 21 heavy (non-hydrogen) atoms. The first-order valence-corrected chi connectivity index (χ1v) is 8.23. The van der Waals surface area contributed by atoms with Crippen molar-refractivity contribution in [2.75, 3.05) is 13.2 Å². The summed E-state index contributed by atoms with van der Waals surface area (Å²) in [4.78, 5) is 1.19. The largest absolute Gasteiger partial charge is 0.389 e. The van der Waals surface area contributed by atoms with E-state index in [2.05, 4.69) is 36.5 Å². The summed E-state index contributed by atoms with van der Waals surface area (Å²) >= 11 is 1.67. The highest BCUT2D eigenvalue weighted by Crippen LogP contribution is 2.10. The van der Waals surface area contributed by atoms with Crippen LogP contribution in [0, 0.1) is 0 Å². The fourth-order valence-corrected chi connectivity index (χ4v) is 2.84. The van der Waals surface area contributed by atoms with Crippen LogP contribution in [0.4, 0.5) is 0 Å². The number of aliphatic hydroxyl groups is 1. The van der Waals surface area contributed by atoms with Crippen molar-refractivity contribution < 1.29 is 9.84 Å². The zero-order valence-electron chi connectivity index (χ0n) is 12.4. The Hall–Kier alpha value is -1.20. The molecule has 0 aliphatic rings. The number of hydrogen-bond donors (Lipinski definition) is 2. The minimum Gasteiger partial charge on any atom is -0.389 e. The molecular formula is C17H23NO2S. The summed E-state index contributed by atoms with van der Waals surface area (Å²) in [6.07, 6.45) is 0.559. The lowest BCUT2D eigenvalue weighted by Crippen LogP contribution is -2.30. The molecular weight excluding hydrogens is 282 g/mol. The Morgan fingerprint density at radius 1 is 1.19 bits per heavy atom. The van der Waals surface area contributed by atoms with Gasteiger partial charge in [-0.15, -0.1) is 11.3 Å². The second kappa shape index (κ2) is 8.95. The fraction of sp³-hybridized carbons (Fsp3) is 0.412. The maximum atomic E-state index is 9.90. The van der Waals surface area contributed by atoms with Crippen molar-refractivity contribution in [1.82, 2.24) is 5.32 Å². The number of hydrogen-bond acceptors (Lipinski definition) is 4. The van der Waals surface area contributed by atoms with Gasteiger partial charge in [-0.3, -0.25) is 0 Å². The molecule has 114 valence electrons. The van der Waals surface area contributed by atoms with E-state index >= 15 is 0 Å². The van der Waals surface area contributed by atoms with Crippen LogP contribution in [0.2, 0.25) is 0 Å². The Labute approximate surface area is 130 Å². The SMILES string of the molecule is CCc1ccccc1CNCC(O)COCc1cccs1. The third-order valence-electron chi connectivity index (χ3n) is 3.33. The number of aliphatic hydroxyl groups excluding tert-OH is 1. The summed E-state index contributed by atoms with van der Waals surface area (Å²) in [6, 6.07) is 12.4. The summed E-state index contributed by atoms with van der Waals surface area (Å²) in [5, 5.41) is 15.2. The highest BCUT2D eigenvalue weighted by atomic mass is 32.1. The molecule has 0 saturated carbocycles. The maximum Gasteiger partial charge on any atom is 0.0897 e. The van der Waals surface area contributed by atoms with Gasteiger partial charge in [-0.05, 0) is 29.0 Å². The van der Waals surface area contributed by atoms with E-state index in [0.29, 0.717) is 19.8 Å². The summed E-state index contributed by atoms with van der Waals surface area (Å²) in [5.74, 6) is 0. The molecule has 1 unspecified atom stereocenters. The van der Waals surface area contributed by atoms with Crippen LogP contribution in [-0.2, 0) is 24.3 Å². The van der Waals surface area contributed by atoms with Gasteiger partial charge in [-0.1, -0.05) is 37.3 Å². The molecule has 1 atom stereocenters. The van der Waals surface area contributed by atoms with E-state index in [9.17, 15) is 5.11 Å². The van der Waals surface area contributed by atoms with Crippen LogP contribution in [0.25, 0.3) is 0 Å². The van der Waals surface area contributed by atoms with Crippen LogP contribution in [0.3, 0.4) is 0 Å². The van der Waals surface area contributed by atoms with Crippen molar-refractivity contribution in [1.29, 1.82) is 0 Å². The summed E-state index contributed by atoms with van der Waals surface area (Å²) < 4.78 is 5.51. The van der Waals surface area contributed by atoms with Gasteiger partial charge in [-0.2, -0.15) is 0 Å². The lowest BCUT2D eigenvalue weighted by molar-refractivity contribution is 0.0297. The van der Waals surface area contributed by atoms with E-state index in [-0.39, 0.29) is 0 Å². The number of ether oxygens (including phenoxy) is 1. The van der Waals surface area contributed by atoms with E-state index in [1.54, 1.807) is 11.3 Å². The third kappa shape index (κ3) is 5.59. The van der Waals surface area contributed by atoms with Crippen molar-refractivity contribution in [3.63, 3.8) is 0 Å². The number of rotatable bonds is 9. The molecule has 0 spiro atoms. The molecule has 1 heterocycles. The van der Waals surface area contributed by atoms with Gasteiger partial charge in [-0.25, -0.2) is 0 Å². The first-order valence-electron chi connectivity index (χ1n) is 7.35. The highest BCUT2D eigenvalue weighted by molar-refractivity contribution is 7.09. The second-order valence-corrected chi connectivity index (χ2v) is 6.03. The quantitative estimate of drug-likeness (QED) is 0.748. The summed E-state index contributed by atoms with van der Waals surface area (Å²) in [5.41, 5.74) is 2.65. The minimum absolute atomic E-state index is 0.361. The first kappa shape index (κ1) is 16.2. The van der Waals surface area contributed by atoms with Crippen LogP contribution < -0.4 is 5.32 Å². The average molecular weight is 305 g/mol. The van der Waals surface area contributed by atoms with E-state index in [1.807, 2.05) is 17.5 Å². The molecule has 0 aliphatic carbocycles. The lowest BCUT2D eigenvalue weighted by Gasteiger charge is -2.13. The van der Waals surface area contributed by atoms with Crippen molar-refractivity contribution in [3.8, 4) is 0 Å². The van der Waals surface area contributed by atoms with E-state index in [4.69, 9.17) is 4.74 Å². The van der Waals surface area contributed by atoms with Crippen LogP contribution >= 0.6 is 11.3 Å².